The Morgan fingerprint density at radius 2 is 1.83 bits per heavy atom. The van der Waals surface area contributed by atoms with Crippen molar-refractivity contribution in [1.82, 2.24) is 29.7 Å². The van der Waals surface area contributed by atoms with E-state index in [9.17, 15) is 9.18 Å². The molecule has 5 aromatic rings. The minimum absolute atomic E-state index is 0.00913. The SMILES string of the molecule is CCc1cc(Nc2nccn3c(-c4ccc(Oc5ncccn5)c(F)c4F)cnc23)ccc1C(=O)NCCCCCN. The normalized spacial score (nSPS) is 11.0. The highest BCUT2D eigenvalue weighted by Gasteiger charge is 2.20. The summed E-state index contributed by atoms with van der Waals surface area (Å²) in [7, 11) is 0. The third-order valence-corrected chi connectivity index (χ3v) is 6.65. The van der Waals surface area contributed by atoms with E-state index >= 15 is 4.39 Å². The van der Waals surface area contributed by atoms with E-state index in [1.807, 2.05) is 13.0 Å². The molecule has 0 spiro atoms. The van der Waals surface area contributed by atoms with Gasteiger partial charge in [-0.1, -0.05) is 13.3 Å². The molecule has 1 amide bonds. The Morgan fingerprint density at radius 1 is 1.00 bits per heavy atom. The quantitative estimate of drug-likeness (QED) is 0.169. The number of nitrogens with two attached hydrogens (primary N) is 1. The van der Waals surface area contributed by atoms with Gasteiger partial charge in [0.05, 0.1) is 11.9 Å². The molecule has 42 heavy (non-hydrogen) atoms. The second-order valence-electron chi connectivity index (χ2n) is 9.44. The van der Waals surface area contributed by atoms with E-state index in [-0.39, 0.29) is 23.2 Å². The highest BCUT2D eigenvalue weighted by Crippen LogP contribution is 2.33. The fourth-order valence-corrected chi connectivity index (χ4v) is 4.52. The number of unbranched alkanes of at least 4 members (excludes halogenated alkanes) is 2. The smallest absolute Gasteiger partial charge is 0.321 e. The van der Waals surface area contributed by atoms with Gasteiger partial charge >= 0.3 is 6.01 Å². The predicted molar refractivity (Wildman–Crippen MR) is 155 cm³/mol. The molecule has 0 saturated carbocycles. The van der Waals surface area contributed by atoms with Crippen molar-refractivity contribution in [2.24, 2.45) is 5.73 Å². The number of hydrogen-bond donors (Lipinski definition) is 3. The summed E-state index contributed by atoms with van der Waals surface area (Å²) < 4.78 is 37.1. The molecule has 0 atom stereocenters. The van der Waals surface area contributed by atoms with Gasteiger partial charge in [-0.05, 0) is 67.8 Å². The van der Waals surface area contributed by atoms with Gasteiger partial charge in [0.15, 0.2) is 23.0 Å². The second kappa shape index (κ2) is 13.1. The van der Waals surface area contributed by atoms with Gasteiger partial charge in [0.2, 0.25) is 5.82 Å². The summed E-state index contributed by atoms with van der Waals surface area (Å²) in [5.74, 6) is -2.32. The molecule has 216 valence electrons. The van der Waals surface area contributed by atoms with Crippen LogP contribution in [0.15, 0.2) is 67.4 Å². The molecule has 0 aliphatic carbocycles. The maximum Gasteiger partial charge on any atom is 0.321 e. The van der Waals surface area contributed by atoms with E-state index in [1.165, 1.54) is 36.9 Å². The summed E-state index contributed by atoms with van der Waals surface area (Å²) in [5, 5.41) is 6.21. The molecule has 3 aromatic heterocycles. The first-order valence-corrected chi connectivity index (χ1v) is 13.6. The average Bonchev–Trinajstić information content (AvgIpc) is 3.45. The molecule has 3 heterocycles. The summed E-state index contributed by atoms with van der Waals surface area (Å²) in [6, 6.07) is 9.66. The Bertz CT molecular complexity index is 1690. The number of hydrogen-bond acceptors (Lipinski definition) is 8. The third-order valence-electron chi connectivity index (χ3n) is 6.65. The van der Waals surface area contributed by atoms with Gasteiger partial charge in [0, 0.05) is 48.1 Å². The van der Waals surface area contributed by atoms with Gasteiger partial charge in [-0.2, -0.15) is 4.39 Å². The molecule has 2 aromatic carbocycles. The maximum absolute atomic E-state index is 15.2. The molecule has 0 bridgehead atoms. The van der Waals surface area contributed by atoms with Crippen LogP contribution in [0.3, 0.4) is 0 Å². The van der Waals surface area contributed by atoms with Crippen LogP contribution in [0.5, 0.6) is 11.8 Å². The van der Waals surface area contributed by atoms with E-state index in [4.69, 9.17) is 10.5 Å². The number of aryl methyl sites for hydroxylation is 1. The highest BCUT2D eigenvalue weighted by molar-refractivity contribution is 5.96. The molecule has 0 radical (unpaired) electrons. The fraction of sp³-hybridized carbons (Fsp3) is 0.233. The number of rotatable bonds is 12. The number of imidazole rings is 1. The Morgan fingerprint density at radius 3 is 2.62 bits per heavy atom. The molecule has 0 fully saturated rings. The predicted octanol–water partition coefficient (Wildman–Crippen LogP) is 5.42. The number of nitrogens with zero attached hydrogens (tertiary/aromatic N) is 5. The zero-order valence-electron chi connectivity index (χ0n) is 23.0. The van der Waals surface area contributed by atoms with Gasteiger partial charge in [-0.3, -0.25) is 9.20 Å². The van der Waals surface area contributed by atoms with Crippen molar-refractivity contribution in [1.29, 1.82) is 0 Å². The summed E-state index contributed by atoms with van der Waals surface area (Å²) >= 11 is 0. The molecule has 10 nitrogen and oxygen atoms in total. The van der Waals surface area contributed by atoms with Crippen molar-refractivity contribution in [3.05, 3.63) is 90.1 Å². The van der Waals surface area contributed by atoms with Crippen molar-refractivity contribution >= 4 is 23.1 Å². The van der Waals surface area contributed by atoms with Gasteiger partial charge < -0.3 is 21.1 Å². The number of amides is 1. The van der Waals surface area contributed by atoms with Crippen LogP contribution < -0.4 is 21.1 Å². The first kappa shape index (κ1) is 28.6. The molecular formula is C30H30F2N8O2. The Balaban J connectivity index is 1.36. The van der Waals surface area contributed by atoms with Gasteiger partial charge in [0.1, 0.15) is 0 Å². The van der Waals surface area contributed by atoms with E-state index in [0.29, 0.717) is 47.9 Å². The number of halogens is 2. The Labute approximate surface area is 241 Å². The number of aromatic nitrogens is 5. The lowest BCUT2D eigenvalue weighted by Gasteiger charge is -2.13. The summed E-state index contributed by atoms with van der Waals surface area (Å²) in [4.78, 5) is 29.3. The van der Waals surface area contributed by atoms with Crippen LogP contribution in [0.2, 0.25) is 0 Å². The van der Waals surface area contributed by atoms with Crippen LogP contribution in [-0.4, -0.2) is 43.3 Å². The van der Waals surface area contributed by atoms with Crippen LogP contribution in [0.4, 0.5) is 20.3 Å². The number of ether oxygens (including phenoxy) is 1. The first-order chi connectivity index (χ1) is 20.5. The number of anilines is 2. The van der Waals surface area contributed by atoms with E-state index in [2.05, 4.69) is 30.6 Å². The van der Waals surface area contributed by atoms with Crippen molar-refractivity contribution in [3.63, 3.8) is 0 Å². The van der Waals surface area contributed by atoms with Crippen LogP contribution in [0.1, 0.15) is 42.1 Å². The second-order valence-corrected chi connectivity index (χ2v) is 9.44. The van der Waals surface area contributed by atoms with E-state index in [1.54, 1.807) is 28.8 Å². The number of benzene rings is 2. The maximum atomic E-state index is 15.2. The third kappa shape index (κ3) is 6.18. The van der Waals surface area contributed by atoms with Gasteiger partial charge in [0.25, 0.3) is 5.91 Å². The molecule has 5 rings (SSSR count). The van der Waals surface area contributed by atoms with Crippen LogP contribution in [0.25, 0.3) is 16.9 Å². The zero-order chi connectivity index (χ0) is 29.5. The largest absolute Gasteiger partial charge is 0.421 e. The number of carbonyl (C=O) groups is 1. The van der Waals surface area contributed by atoms with Crippen molar-refractivity contribution in [3.8, 4) is 23.0 Å². The highest BCUT2D eigenvalue weighted by atomic mass is 19.2. The zero-order valence-corrected chi connectivity index (χ0v) is 23.0. The Kier molecular flexibility index (Phi) is 8.93. The van der Waals surface area contributed by atoms with Crippen LogP contribution in [-0.2, 0) is 6.42 Å². The van der Waals surface area contributed by atoms with Gasteiger partial charge in [-0.15, -0.1) is 0 Å². The lowest BCUT2D eigenvalue weighted by Crippen LogP contribution is -2.25. The van der Waals surface area contributed by atoms with E-state index < -0.39 is 11.6 Å². The first-order valence-electron chi connectivity index (χ1n) is 13.6. The summed E-state index contributed by atoms with van der Waals surface area (Å²) in [6.45, 7) is 3.22. The molecule has 0 aliphatic heterocycles. The molecular weight excluding hydrogens is 542 g/mol. The van der Waals surface area contributed by atoms with Crippen molar-refractivity contribution < 1.29 is 18.3 Å². The number of carbonyl (C=O) groups excluding carboxylic acids is 1. The summed E-state index contributed by atoms with van der Waals surface area (Å²) in [5.41, 5.74) is 8.43. The summed E-state index contributed by atoms with van der Waals surface area (Å²) in [6.07, 6.45) is 10.9. The number of fused-ring (bicyclic) bond motifs is 1. The van der Waals surface area contributed by atoms with E-state index in [0.717, 1.165) is 24.8 Å². The lowest BCUT2D eigenvalue weighted by molar-refractivity contribution is 0.0952. The topological polar surface area (TPSA) is 132 Å². The molecule has 0 saturated heterocycles. The minimum atomic E-state index is -1.17. The molecule has 12 heteroatoms. The standard InChI is InChI=1S/C30H30F2N8O2/c1-2-19-17-20(7-8-21(19)29(41)35-12-5-3-4-11-33)39-27-28-38-18-23(40(28)16-15-34-27)22-9-10-24(26(32)25(22)31)42-30-36-13-6-14-37-30/h6-10,13-18H,2-5,11-12,33H2,1H3,(H,34,39)(H,35,41). The monoisotopic (exact) mass is 572 g/mol. The fourth-order valence-electron chi connectivity index (χ4n) is 4.52. The molecule has 0 unspecified atom stereocenters. The number of nitrogens with one attached hydrogen (secondary N) is 2. The minimum Gasteiger partial charge on any atom is -0.421 e. The molecule has 0 aliphatic rings. The van der Waals surface area contributed by atoms with Crippen LogP contribution >= 0.6 is 0 Å². The van der Waals surface area contributed by atoms with Crippen molar-refractivity contribution in [2.45, 2.75) is 32.6 Å². The molecule has 4 N–H and O–H groups in total. The average molecular weight is 573 g/mol. The lowest BCUT2D eigenvalue weighted by atomic mass is 10.0. The van der Waals surface area contributed by atoms with Crippen molar-refractivity contribution in [2.75, 3.05) is 18.4 Å². The van der Waals surface area contributed by atoms with Crippen LogP contribution in [0, 0.1) is 11.6 Å². The Hall–Kier alpha value is -4.97. The van der Waals surface area contributed by atoms with Gasteiger partial charge in [-0.25, -0.2) is 24.3 Å².